The fraction of sp³-hybridized carbons (Fsp3) is 0.375. The van der Waals surface area contributed by atoms with Crippen molar-refractivity contribution in [1.82, 2.24) is 9.97 Å². The van der Waals surface area contributed by atoms with Crippen LogP contribution in [0.1, 0.15) is 13.8 Å². The second kappa shape index (κ2) is 3.49. The molecule has 5 nitrogen and oxygen atoms in total. The van der Waals surface area contributed by atoms with Gasteiger partial charge in [-0.15, -0.1) is 0 Å². The summed E-state index contributed by atoms with van der Waals surface area (Å²) in [6.45, 7) is 2.68. The molecule has 0 amide bonds. The van der Waals surface area contributed by atoms with E-state index >= 15 is 0 Å². The van der Waals surface area contributed by atoms with Gasteiger partial charge in [0.15, 0.2) is 5.60 Å². The molecule has 0 bridgehead atoms. The zero-order chi connectivity index (χ0) is 9.90. The van der Waals surface area contributed by atoms with Crippen molar-refractivity contribution in [3.8, 4) is 5.88 Å². The Hall–Kier alpha value is -1.49. The third kappa shape index (κ3) is 2.79. The number of ether oxygens (including phenoxy) is 1. The van der Waals surface area contributed by atoms with Gasteiger partial charge < -0.3 is 9.84 Å². The van der Waals surface area contributed by atoms with Gasteiger partial charge in [0.2, 0.25) is 5.88 Å². The summed E-state index contributed by atoms with van der Waals surface area (Å²) < 4.78 is 4.72. The van der Waals surface area contributed by atoms with Gasteiger partial charge in [0, 0.05) is 12.4 Å². The van der Waals surface area contributed by atoms with Crippen LogP contribution in [0.4, 0.5) is 0 Å². The molecule has 1 aromatic rings. The minimum Gasteiger partial charge on any atom is -0.404 e. The molecule has 0 saturated heterocycles. The Bertz CT molecular complexity index is 292. The number of aliphatic hydroxyl groups is 1. The summed E-state index contributed by atoms with van der Waals surface area (Å²) in [7, 11) is 0. The number of nitrogens with zero attached hydrogens (tertiary/aromatic N) is 2. The topological polar surface area (TPSA) is 72.3 Å². The van der Waals surface area contributed by atoms with Crippen molar-refractivity contribution < 1.29 is 14.6 Å². The van der Waals surface area contributed by atoms with Crippen molar-refractivity contribution in [2.75, 3.05) is 0 Å². The lowest BCUT2D eigenvalue weighted by Crippen LogP contribution is -2.35. The van der Waals surface area contributed by atoms with Crippen LogP contribution in [-0.4, -0.2) is 26.6 Å². The molecule has 1 aromatic heterocycles. The molecule has 0 fully saturated rings. The van der Waals surface area contributed by atoms with Gasteiger partial charge in [-0.3, -0.25) is 4.98 Å². The van der Waals surface area contributed by atoms with E-state index < -0.39 is 11.6 Å². The minimum atomic E-state index is -1.52. The van der Waals surface area contributed by atoms with Gasteiger partial charge in [0.1, 0.15) is 0 Å². The summed E-state index contributed by atoms with van der Waals surface area (Å²) in [5, 5.41) is 9.22. The first kappa shape index (κ1) is 9.60. The molecule has 0 radical (unpaired) electrons. The van der Waals surface area contributed by atoms with Crippen LogP contribution in [0.5, 0.6) is 5.88 Å². The number of hydrogen-bond donors (Lipinski definition) is 1. The Labute approximate surface area is 75.4 Å². The fourth-order valence-corrected chi connectivity index (χ4v) is 0.558. The van der Waals surface area contributed by atoms with Gasteiger partial charge in [0.05, 0.1) is 6.20 Å². The predicted molar refractivity (Wildman–Crippen MR) is 44.0 cm³/mol. The average molecular weight is 182 g/mol. The predicted octanol–water partition coefficient (Wildman–Crippen LogP) is 0.153. The monoisotopic (exact) mass is 182 g/mol. The van der Waals surface area contributed by atoms with Crippen molar-refractivity contribution in [2.24, 2.45) is 0 Å². The summed E-state index contributed by atoms with van der Waals surface area (Å²) in [5.74, 6) is -0.678. The fourth-order valence-electron chi connectivity index (χ4n) is 0.558. The lowest BCUT2D eigenvalue weighted by molar-refractivity contribution is -0.151. The van der Waals surface area contributed by atoms with E-state index in [0.717, 1.165) is 0 Å². The summed E-state index contributed by atoms with van der Waals surface area (Å²) in [6.07, 6.45) is 4.15. The molecular formula is C8H10N2O3. The zero-order valence-corrected chi connectivity index (χ0v) is 7.39. The van der Waals surface area contributed by atoms with E-state index in [2.05, 4.69) is 9.97 Å². The van der Waals surface area contributed by atoms with E-state index in [0.29, 0.717) is 0 Å². The number of carbonyl (C=O) groups is 1. The van der Waals surface area contributed by atoms with E-state index in [4.69, 9.17) is 4.74 Å². The van der Waals surface area contributed by atoms with E-state index in [1.165, 1.54) is 32.4 Å². The SMILES string of the molecule is CC(C)(O)C(=O)Oc1cnccn1. The Morgan fingerprint density at radius 2 is 2.23 bits per heavy atom. The van der Waals surface area contributed by atoms with Gasteiger partial charge in [-0.2, -0.15) is 0 Å². The first-order chi connectivity index (χ1) is 6.00. The van der Waals surface area contributed by atoms with Crippen LogP contribution in [0.2, 0.25) is 0 Å². The molecule has 0 aliphatic carbocycles. The van der Waals surface area contributed by atoms with Crippen molar-refractivity contribution in [3.05, 3.63) is 18.6 Å². The quantitative estimate of drug-likeness (QED) is 0.659. The molecule has 0 aliphatic rings. The second-order valence-corrected chi connectivity index (χ2v) is 2.99. The highest BCUT2D eigenvalue weighted by Crippen LogP contribution is 2.08. The van der Waals surface area contributed by atoms with Gasteiger partial charge in [-0.05, 0) is 13.8 Å². The summed E-state index contributed by atoms with van der Waals surface area (Å²) >= 11 is 0. The van der Waals surface area contributed by atoms with Crippen molar-refractivity contribution in [1.29, 1.82) is 0 Å². The molecule has 0 saturated carbocycles. The first-order valence-electron chi connectivity index (χ1n) is 3.71. The largest absolute Gasteiger partial charge is 0.404 e. The van der Waals surface area contributed by atoms with Gasteiger partial charge >= 0.3 is 5.97 Å². The standard InChI is InChI=1S/C8H10N2O3/c1-8(2,12)7(11)13-6-5-9-3-4-10-6/h3-5,12H,1-2H3. The summed E-state index contributed by atoms with van der Waals surface area (Å²) in [5.41, 5.74) is -1.52. The highest BCUT2D eigenvalue weighted by Gasteiger charge is 2.26. The molecular weight excluding hydrogens is 172 g/mol. The van der Waals surface area contributed by atoms with Gasteiger partial charge in [-0.1, -0.05) is 0 Å². The van der Waals surface area contributed by atoms with Gasteiger partial charge in [0.25, 0.3) is 0 Å². The number of carbonyl (C=O) groups excluding carboxylic acids is 1. The van der Waals surface area contributed by atoms with Crippen LogP contribution < -0.4 is 4.74 Å². The molecule has 13 heavy (non-hydrogen) atoms. The number of esters is 1. The summed E-state index contributed by atoms with van der Waals surface area (Å²) in [6, 6.07) is 0. The van der Waals surface area contributed by atoms with Crippen LogP contribution >= 0.6 is 0 Å². The Kier molecular flexibility index (Phi) is 2.57. The van der Waals surface area contributed by atoms with Crippen molar-refractivity contribution in [2.45, 2.75) is 19.4 Å². The molecule has 5 heteroatoms. The molecule has 70 valence electrons. The smallest absolute Gasteiger partial charge is 0.344 e. The minimum absolute atomic E-state index is 0.0784. The van der Waals surface area contributed by atoms with E-state index in [1.807, 2.05) is 0 Å². The molecule has 0 unspecified atom stereocenters. The average Bonchev–Trinajstić information content (AvgIpc) is 2.04. The van der Waals surface area contributed by atoms with Crippen LogP contribution in [0, 0.1) is 0 Å². The second-order valence-electron chi connectivity index (χ2n) is 2.99. The number of aromatic nitrogens is 2. The third-order valence-electron chi connectivity index (χ3n) is 1.24. The summed E-state index contributed by atoms with van der Waals surface area (Å²) in [4.78, 5) is 18.5. The normalized spacial score (nSPS) is 11.0. The van der Waals surface area contributed by atoms with Crippen molar-refractivity contribution in [3.63, 3.8) is 0 Å². The third-order valence-corrected chi connectivity index (χ3v) is 1.24. The number of hydrogen-bond acceptors (Lipinski definition) is 5. The maximum Gasteiger partial charge on any atom is 0.344 e. The molecule has 1 N–H and O–H groups in total. The van der Waals surface area contributed by atoms with E-state index in [9.17, 15) is 9.90 Å². The molecule has 1 heterocycles. The van der Waals surface area contributed by atoms with Crippen molar-refractivity contribution >= 4 is 5.97 Å². The van der Waals surface area contributed by atoms with E-state index in [1.54, 1.807) is 0 Å². The molecule has 0 aliphatic heterocycles. The zero-order valence-electron chi connectivity index (χ0n) is 7.39. The Morgan fingerprint density at radius 1 is 1.54 bits per heavy atom. The maximum absolute atomic E-state index is 11.1. The molecule has 0 spiro atoms. The molecule has 1 rings (SSSR count). The highest BCUT2D eigenvalue weighted by atomic mass is 16.6. The van der Waals surface area contributed by atoms with Crippen LogP contribution in [0.3, 0.4) is 0 Å². The Morgan fingerprint density at radius 3 is 2.69 bits per heavy atom. The molecule has 0 aromatic carbocycles. The maximum atomic E-state index is 11.1. The number of rotatable bonds is 2. The lowest BCUT2D eigenvalue weighted by Gasteiger charge is -2.13. The highest BCUT2D eigenvalue weighted by molar-refractivity contribution is 5.79. The van der Waals surface area contributed by atoms with Crippen LogP contribution in [-0.2, 0) is 4.79 Å². The van der Waals surface area contributed by atoms with Crippen LogP contribution in [0.15, 0.2) is 18.6 Å². The van der Waals surface area contributed by atoms with Crippen LogP contribution in [0.25, 0.3) is 0 Å². The first-order valence-corrected chi connectivity index (χ1v) is 3.71. The Balaban J connectivity index is 2.66. The molecule has 0 atom stereocenters. The van der Waals surface area contributed by atoms with E-state index in [-0.39, 0.29) is 5.88 Å². The van der Waals surface area contributed by atoms with Gasteiger partial charge in [-0.25, -0.2) is 9.78 Å². The lowest BCUT2D eigenvalue weighted by atomic mass is 10.1.